The Bertz CT molecular complexity index is 301. The van der Waals surface area contributed by atoms with Gasteiger partial charge in [-0.3, -0.25) is 0 Å². The highest BCUT2D eigenvalue weighted by Crippen LogP contribution is 2.22. The van der Waals surface area contributed by atoms with Gasteiger partial charge in [0.25, 0.3) is 0 Å². The third-order valence-electron chi connectivity index (χ3n) is 1.79. The number of hydrogen-bond donors (Lipinski definition) is 2. The Balaban J connectivity index is 2.62. The fourth-order valence-electron chi connectivity index (χ4n) is 0.968. The molecule has 0 aliphatic carbocycles. The molecule has 1 aromatic carbocycles. The lowest BCUT2D eigenvalue weighted by Crippen LogP contribution is -2.21. The highest BCUT2D eigenvalue weighted by molar-refractivity contribution is 9.10. The van der Waals surface area contributed by atoms with E-state index in [1.54, 1.807) is 0 Å². The van der Waals surface area contributed by atoms with Crippen LogP contribution in [0.3, 0.4) is 0 Å². The molecule has 2 N–H and O–H groups in total. The van der Waals surface area contributed by atoms with Crippen molar-refractivity contribution < 1.29 is 14.9 Å². The van der Waals surface area contributed by atoms with Crippen molar-refractivity contribution in [1.82, 2.24) is 0 Å². The topological polar surface area (TPSA) is 49.7 Å². The van der Waals surface area contributed by atoms with Crippen LogP contribution in [0.5, 0.6) is 5.75 Å². The molecule has 3 nitrogen and oxygen atoms in total. The molecule has 1 atom stereocenters. The summed E-state index contributed by atoms with van der Waals surface area (Å²) in [6.07, 6.45) is -0.826. The maximum atomic E-state index is 9.09. The van der Waals surface area contributed by atoms with Gasteiger partial charge in [0.15, 0.2) is 0 Å². The molecule has 0 bridgehead atoms. The van der Waals surface area contributed by atoms with Gasteiger partial charge >= 0.3 is 0 Å². The number of halogens is 1. The fourth-order valence-corrected chi connectivity index (χ4v) is 1.31. The first kappa shape index (κ1) is 11.5. The Morgan fingerprint density at radius 1 is 1.50 bits per heavy atom. The maximum absolute atomic E-state index is 9.09. The van der Waals surface area contributed by atoms with E-state index in [9.17, 15) is 0 Å². The average molecular weight is 261 g/mol. The summed E-state index contributed by atoms with van der Waals surface area (Å²) in [6, 6.07) is 5.68. The molecule has 0 saturated heterocycles. The van der Waals surface area contributed by atoms with Crippen LogP contribution in [-0.4, -0.2) is 29.5 Å². The maximum Gasteiger partial charge on any atom is 0.123 e. The van der Waals surface area contributed by atoms with Gasteiger partial charge in [-0.25, -0.2) is 0 Å². The molecule has 0 aliphatic rings. The zero-order valence-corrected chi connectivity index (χ0v) is 9.49. The minimum absolute atomic E-state index is 0.105. The minimum atomic E-state index is -0.826. The summed E-state index contributed by atoms with van der Waals surface area (Å²) in [4.78, 5) is 0. The van der Waals surface area contributed by atoms with E-state index in [1.165, 1.54) is 0 Å². The lowest BCUT2D eigenvalue weighted by Gasteiger charge is -2.12. The Labute approximate surface area is 91.5 Å². The van der Waals surface area contributed by atoms with Crippen molar-refractivity contribution in [3.05, 3.63) is 28.2 Å². The Morgan fingerprint density at radius 2 is 2.21 bits per heavy atom. The fraction of sp³-hybridized carbons (Fsp3) is 0.400. The molecular formula is C10H13BrO3. The highest BCUT2D eigenvalue weighted by Gasteiger charge is 2.05. The molecule has 4 heteroatoms. The highest BCUT2D eigenvalue weighted by atomic mass is 79.9. The molecule has 1 unspecified atom stereocenters. The molecule has 78 valence electrons. The van der Waals surface area contributed by atoms with Crippen LogP contribution in [0, 0.1) is 6.92 Å². The van der Waals surface area contributed by atoms with Crippen LogP contribution < -0.4 is 4.74 Å². The Morgan fingerprint density at radius 3 is 2.86 bits per heavy atom. The van der Waals surface area contributed by atoms with Crippen LogP contribution in [0.15, 0.2) is 22.7 Å². The smallest absolute Gasteiger partial charge is 0.123 e. The van der Waals surface area contributed by atoms with Crippen LogP contribution in [0.4, 0.5) is 0 Å². The molecule has 0 heterocycles. The van der Waals surface area contributed by atoms with E-state index in [1.807, 2.05) is 25.1 Å². The number of aliphatic hydroxyl groups is 2. The number of rotatable bonds is 4. The summed E-state index contributed by atoms with van der Waals surface area (Å²) < 4.78 is 6.26. The Kier molecular flexibility index (Phi) is 4.38. The molecule has 0 saturated carbocycles. The van der Waals surface area contributed by atoms with Gasteiger partial charge in [-0.15, -0.1) is 0 Å². The average Bonchev–Trinajstić information content (AvgIpc) is 2.19. The van der Waals surface area contributed by atoms with Gasteiger partial charge in [-0.2, -0.15) is 0 Å². The lowest BCUT2D eigenvalue weighted by molar-refractivity contribution is 0.0534. The molecule has 0 amide bonds. The second-order valence-electron chi connectivity index (χ2n) is 3.06. The number of benzene rings is 1. The summed E-state index contributed by atoms with van der Waals surface area (Å²) >= 11 is 3.33. The first-order valence-electron chi connectivity index (χ1n) is 4.31. The van der Waals surface area contributed by atoms with Crippen molar-refractivity contribution in [2.75, 3.05) is 13.2 Å². The van der Waals surface area contributed by atoms with E-state index < -0.39 is 6.10 Å². The van der Waals surface area contributed by atoms with Crippen LogP contribution in [0.2, 0.25) is 0 Å². The molecule has 0 spiro atoms. The second-order valence-corrected chi connectivity index (χ2v) is 3.97. The summed E-state index contributed by atoms with van der Waals surface area (Å²) in [5.41, 5.74) is 0.998. The molecule has 14 heavy (non-hydrogen) atoms. The molecule has 0 aromatic heterocycles. The molecule has 0 radical (unpaired) electrons. The molecule has 0 aliphatic heterocycles. The van der Waals surface area contributed by atoms with Crippen LogP contribution >= 0.6 is 15.9 Å². The van der Waals surface area contributed by atoms with E-state index in [0.717, 1.165) is 10.0 Å². The van der Waals surface area contributed by atoms with Crippen molar-refractivity contribution in [2.24, 2.45) is 0 Å². The third kappa shape index (κ3) is 3.29. The van der Waals surface area contributed by atoms with Crippen molar-refractivity contribution in [2.45, 2.75) is 13.0 Å². The second kappa shape index (κ2) is 5.34. The summed E-state index contributed by atoms with van der Waals surface area (Å²) in [5.74, 6) is 0.715. The van der Waals surface area contributed by atoms with Gasteiger partial charge in [-0.05, 0) is 24.6 Å². The third-order valence-corrected chi connectivity index (χ3v) is 2.29. The predicted molar refractivity (Wildman–Crippen MR) is 57.5 cm³/mol. The quantitative estimate of drug-likeness (QED) is 0.863. The summed E-state index contributed by atoms with van der Waals surface area (Å²) in [6.45, 7) is 1.74. The van der Waals surface area contributed by atoms with Crippen LogP contribution in [0.1, 0.15) is 5.56 Å². The van der Waals surface area contributed by atoms with E-state index in [0.29, 0.717) is 5.75 Å². The van der Waals surface area contributed by atoms with E-state index in [4.69, 9.17) is 14.9 Å². The number of aliphatic hydroxyl groups excluding tert-OH is 2. The standard InChI is InChI=1S/C10H13BrO3/c1-7-2-3-8(11)4-10(7)14-6-9(13)5-12/h2-4,9,12-13H,5-6H2,1H3. The normalized spacial score (nSPS) is 12.6. The first-order valence-corrected chi connectivity index (χ1v) is 5.10. The van der Waals surface area contributed by atoms with Crippen molar-refractivity contribution in [3.63, 3.8) is 0 Å². The molecule has 1 rings (SSSR count). The van der Waals surface area contributed by atoms with E-state index >= 15 is 0 Å². The molecule has 1 aromatic rings. The van der Waals surface area contributed by atoms with Gasteiger partial charge in [0.1, 0.15) is 18.5 Å². The number of hydrogen-bond acceptors (Lipinski definition) is 3. The summed E-state index contributed by atoms with van der Waals surface area (Å²) in [7, 11) is 0. The number of aryl methyl sites for hydroxylation is 1. The lowest BCUT2D eigenvalue weighted by atomic mass is 10.2. The largest absolute Gasteiger partial charge is 0.490 e. The van der Waals surface area contributed by atoms with Gasteiger partial charge in [-0.1, -0.05) is 22.0 Å². The van der Waals surface area contributed by atoms with Crippen molar-refractivity contribution in [1.29, 1.82) is 0 Å². The van der Waals surface area contributed by atoms with Crippen LogP contribution in [0.25, 0.3) is 0 Å². The van der Waals surface area contributed by atoms with Crippen LogP contribution in [-0.2, 0) is 0 Å². The predicted octanol–water partition coefficient (Wildman–Crippen LogP) is 1.49. The zero-order valence-electron chi connectivity index (χ0n) is 7.90. The minimum Gasteiger partial charge on any atom is -0.490 e. The monoisotopic (exact) mass is 260 g/mol. The van der Waals surface area contributed by atoms with Crippen molar-refractivity contribution >= 4 is 15.9 Å². The summed E-state index contributed by atoms with van der Waals surface area (Å²) in [5, 5.41) is 17.7. The van der Waals surface area contributed by atoms with Gasteiger partial charge in [0.2, 0.25) is 0 Å². The first-order chi connectivity index (χ1) is 6.63. The molecule has 0 fully saturated rings. The molecular weight excluding hydrogens is 248 g/mol. The Hall–Kier alpha value is -0.580. The zero-order chi connectivity index (χ0) is 10.6. The SMILES string of the molecule is Cc1ccc(Br)cc1OCC(O)CO. The van der Waals surface area contributed by atoms with Gasteiger partial charge in [0.05, 0.1) is 6.61 Å². The van der Waals surface area contributed by atoms with E-state index in [2.05, 4.69) is 15.9 Å². The van der Waals surface area contributed by atoms with Gasteiger partial charge in [0, 0.05) is 4.47 Å². The van der Waals surface area contributed by atoms with E-state index in [-0.39, 0.29) is 13.2 Å². The van der Waals surface area contributed by atoms with Gasteiger partial charge < -0.3 is 14.9 Å². The number of ether oxygens (including phenoxy) is 1. The van der Waals surface area contributed by atoms with Crippen molar-refractivity contribution in [3.8, 4) is 5.75 Å².